The molecule has 0 saturated carbocycles. The molecule has 1 aliphatic rings. The molecule has 8 heteroatoms. The van der Waals surface area contributed by atoms with Crippen LogP contribution in [0.5, 0.6) is 0 Å². The molecule has 4 nitrogen and oxygen atoms in total. The maximum atomic E-state index is 13.1. The summed E-state index contributed by atoms with van der Waals surface area (Å²) in [6.45, 7) is 3.34. The van der Waals surface area contributed by atoms with E-state index in [9.17, 15) is 17.6 Å². The summed E-state index contributed by atoms with van der Waals surface area (Å²) in [5.74, 6) is 0.226. The van der Waals surface area contributed by atoms with Gasteiger partial charge in [0, 0.05) is 18.6 Å². The highest BCUT2D eigenvalue weighted by atomic mass is 19.4. The van der Waals surface area contributed by atoms with Crippen LogP contribution in [0.25, 0.3) is 11.4 Å². The lowest BCUT2D eigenvalue weighted by Crippen LogP contribution is -2.35. The van der Waals surface area contributed by atoms with E-state index in [1.54, 1.807) is 0 Å². The number of hydrogen-bond acceptors (Lipinski definition) is 3. The van der Waals surface area contributed by atoms with Crippen LogP contribution in [0.3, 0.4) is 0 Å². The molecule has 1 unspecified atom stereocenters. The van der Waals surface area contributed by atoms with Gasteiger partial charge in [-0.05, 0) is 56.9 Å². The first-order valence-corrected chi connectivity index (χ1v) is 8.52. The minimum atomic E-state index is -4.39. The van der Waals surface area contributed by atoms with E-state index in [1.165, 1.54) is 24.3 Å². The molecule has 0 N–H and O–H groups in total. The van der Waals surface area contributed by atoms with Gasteiger partial charge in [0.1, 0.15) is 18.2 Å². The second-order valence-corrected chi connectivity index (χ2v) is 7.30. The molecule has 1 fully saturated rings. The Bertz CT molecular complexity index is 753. The fourth-order valence-corrected chi connectivity index (χ4v) is 3.33. The van der Waals surface area contributed by atoms with Crippen LogP contribution in [0.2, 0.25) is 0 Å². The lowest BCUT2D eigenvalue weighted by molar-refractivity contribution is -0.143. The highest BCUT2D eigenvalue weighted by molar-refractivity contribution is 5.54. The molecule has 0 radical (unpaired) electrons. The summed E-state index contributed by atoms with van der Waals surface area (Å²) in [4.78, 5) is 4.32. The van der Waals surface area contributed by atoms with Gasteiger partial charge in [-0.1, -0.05) is 0 Å². The van der Waals surface area contributed by atoms with Gasteiger partial charge in [0.2, 0.25) is 0 Å². The molecule has 2 heterocycles. The van der Waals surface area contributed by atoms with Crippen molar-refractivity contribution in [1.82, 2.24) is 14.8 Å². The number of halogens is 4. The summed E-state index contributed by atoms with van der Waals surface area (Å²) >= 11 is 0. The monoisotopic (exact) mass is 371 g/mol. The minimum absolute atomic E-state index is 0.176. The Morgan fingerprint density at radius 2 is 1.92 bits per heavy atom. The van der Waals surface area contributed by atoms with Gasteiger partial charge in [-0.3, -0.25) is 0 Å². The third-order valence-corrected chi connectivity index (χ3v) is 4.45. The maximum absolute atomic E-state index is 13.1. The molecule has 1 saturated heterocycles. The molecule has 0 spiro atoms. The smallest absolute Gasteiger partial charge is 0.376 e. The van der Waals surface area contributed by atoms with E-state index >= 15 is 0 Å². The van der Waals surface area contributed by atoms with Gasteiger partial charge < -0.3 is 4.74 Å². The second-order valence-electron chi connectivity index (χ2n) is 7.30. The van der Waals surface area contributed by atoms with Crippen LogP contribution in [0.4, 0.5) is 17.6 Å². The molecule has 142 valence electrons. The number of nitrogens with zero attached hydrogens (tertiary/aromatic N) is 3. The van der Waals surface area contributed by atoms with E-state index in [0.29, 0.717) is 24.4 Å². The number of ether oxygens (including phenoxy) is 1. The molecule has 3 rings (SSSR count). The third kappa shape index (κ3) is 4.81. The van der Waals surface area contributed by atoms with Gasteiger partial charge in [-0.15, -0.1) is 0 Å². The Kier molecular flexibility index (Phi) is 5.05. The molecule has 1 atom stereocenters. The fraction of sp³-hybridized carbons (Fsp3) is 0.556. The first-order chi connectivity index (χ1) is 12.1. The van der Waals surface area contributed by atoms with Crippen LogP contribution >= 0.6 is 0 Å². The van der Waals surface area contributed by atoms with Crippen molar-refractivity contribution in [3.8, 4) is 11.4 Å². The fourth-order valence-electron chi connectivity index (χ4n) is 3.33. The summed E-state index contributed by atoms with van der Waals surface area (Å²) in [7, 11) is 0. The van der Waals surface area contributed by atoms with Crippen LogP contribution in [-0.2, 0) is 17.7 Å². The Balaban J connectivity index is 1.87. The van der Waals surface area contributed by atoms with Crippen LogP contribution in [0.15, 0.2) is 24.3 Å². The van der Waals surface area contributed by atoms with E-state index in [2.05, 4.69) is 10.1 Å². The van der Waals surface area contributed by atoms with Gasteiger partial charge >= 0.3 is 6.18 Å². The quantitative estimate of drug-likeness (QED) is 0.748. The van der Waals surface area contributed by atoms with E-state index in [4.69, 9.17) is 4.74 Å². The summed E-state index contributed by atoms with van der Waals surface area (Å²) in [6, 6.07) is 5.40. The van der Waals surface area contributed by atoms with Crippen molar-refractivity contribution in [2.24, 2.45) is 5.92 Å². The van der Waals surface area contributed by atoms with E-state index < -0.39 is 18.5 Å². The number of alkyl halides is 3. The average molecular weight is 371 g/mol. The molecule has 1 aromatic heterocycles. The lowest BCUT2D eigenvalue weighted by Gasteiger charge is -2.35. The van der Waals surface area contributed by atoms with Crippen LogP contribution in [0.1, 0.15) is 32.5 Å². The summed E-state index contributed by atoms with van der Waals surface area (Å²) in [6.07, 6.45) is -2.47. The van der Waals surface area contributed by atoms with Crippen molar-refractivity contribution in [3.63, 3.8) is 0 Å². The Morgan fingerprint density at radius 3 is 2.54 bits per heavy atom. The average Bonchev–Trinajstić information content (AvgIpc) is 2.87. The molecule has 26 heavy (non-hydrogen) atoms. The normalized spacial score (nSPS) is 20.3. The predicted molar refractivity (Wildman–Crippen MR) is 87.9 cm³/mol. The Hall–Kier alpha value is -1.96. The Labute approximate surface area is 149 Å². The third-order valence-electron chi connectivity index (χ3n) is 4.45. The van der Waals surface area contributed by atoms with E-state index in [-0.39, 0.29) is 17.3 Å². The maximum Gasteiger partial charge on any atom is 0.408 e. The van der Waals surface area contributed by atoms with E-state index in [0.717, 1.165) is 17.5 Å². The zero-order valence-corrected chi connectivity index (χ0v) is 14.7. The summed E-state index contributed by atoms with van der Waals surface area (Å²) in [5.41, 5.74) is 0.193. The number of benzene rings is 1. The SMILES string of the molecule is CC1(C)CC(Cc2nc(-c3ccc(F)cc3)nn2CC(F)(F)F)CCO1. The van der Waals surface area contributed by atoms with Crippen molar-refractivity contribution in [1.29, 1.82) is 0 Å². The van der Waals surface area contributed by atoms with Gasteiger partial charge in [-0.25, -0.2) is 14.1 Å². The highest BCUT2D eigenvalue weighted by Gasteiger charge is 2.33. The van der Waals surface area contributed by atoms with E-state index in [1.807, 2.05) is 13.8 Å². The van der Waals surface area contributed by atoms with Gasteiger partial charge in [0.05, 0.1) is 5.60 Å². The van der Waals surface area contributed by atoms with Crippen molar-refractivity contribution in [2.45, 2.75) is 51.4 Å². The van der Waals surface area contributed by atoms with Crippen LogP contribution in [0, 0.1) is 11.7 Å². The van der Waals surface area contributed by atoms with Crippen molar-refractivity contribution in [3.05, 3.63) is 35.9 Å². The van der Waals surface area contributed by atoms with Crippen molar-refractivity contribution < 1.29 is 22.3 Å². The lowest BCUT2D eigenvalue weighted by atomic mass is 9.86. The molecule has 1 aromatic carbocycles. The number of hydrogen-bond donors (Lipinski definition) is 0. The Morgan fingerprint density at radius 1 is 1.23 bits per heavy atom. The number of aromatic nitrogens is 3. The standard InChI is InChI=1S/C18H21F4N3O/c1-17(2)10-12(7-8-26-17)9-15-23-16(13-3-5-14(19)6-4-13)24-25(15)11-18(20,21)22/h3-6,12H,7-11H2,1-2H3. The molecule has 2 aromatic rings. The topological polar surface area (TPSA) is 39.9 Å². The molecular weight excluding hydrogens is 350 g/mol. The van der Waals surface area contributed by atoms with Crippen LogP contribution < -0.4 is 0 Å². The highest BCUT2D eigenvalue weighted by Crippen LogP contribution is 2.31. The second kappa shape index (κ2) is 6.98. The van der Waals surface area contributed by atoms with Gasteiger partial charge in [-0.2, -0.15) is 18.3 Å². The largest absolute Gasteiger partial charge is 0.408 e. The van der Waals surface area contributed by atoms with Gasteiger partial charge in [0.25, 0.3) is 0 Å². The van der Waals surface area contributed by atoms with Crippen LogP contribution in [-0.4, -0.2) is 33.1 Å². The molecular formula is C18H21F4N3O. The zero-order chi connectivity index (χ0) is 18.9. The summed E-state index contributed by atoms with van der Waals surface area (Å²) in [5, 5.41) is 4.03. The molecule has 0 bridgehead atoms. The first kappa shape index (κ1) is 18.8. The van der Waals surface area contributed by atoms with Crippen molar-refractivity contribution in [2.75, 3.05) is 6.61 Å². The van der Waals surface area contributed by atoms with Crippen molar-refractivity contribution >= 4 is 0 Å². The minimum Gasteiger partial charge on any atom is -0.376 e. The summed E-state index contributed by atoms with van der Waals surface area (Å²) < 4.78 is 58.5. The molecule has 1 aliphatic heterocycles. The van der Waals surface area contributed by atoms with Gasteiger partial charge in [0.15, 0.2) is 5.82 Å². The predicted octanol–water partition coefficient (Wildman–Crippen LogP) is 4.39. The molecule has 0 aliphatic carbocycles. The molecule has 0 amide bonds. The zero-order valence-electron chi connectivity index (χ0n) is 14.7. The number of rotatable bonds is 4. The first-order valence-electron chi connectivity index (χ1n) is 8.52.